The van der Waals surface area contributed by atoms with Gasteiger partial charge in [0.25, 0.3) is 5.91 Å². The van der Waals surface area contributed by atoms with Gasteiger partial charge in [0.2, 0.25) is 0 Å². The molecule has 1 atom stereocenters. The van der Waals surface area contributed by atoms with Crippen LogP contribution in [0.15, 0.2) is 18.5 Å². The SMILES string of the molecule is COC(=O)[C@H]1CCCN(C(=O)c2cnccc2Cl)C1. The number of halogens is 1. The first kappa shape index (κ1) is 13.8. The van der Waals surface area contributed by atoms with Crippen LogP contribution < -0.4 is 0 Å². The minimum atomic E-state index is -0.269. The van der Waals surface area contributed by atoms with Gasteiger partial charge >= 0.3 is 5.97 Å². The van der Waals surface area contributed by atoms with Gasteiger partial charge in [0.05, 0.1) is 23.6 Å². The van der Waals surface area contributed by atoms with Crippen LogP contribution in [0.4, 0.5) is 0 Å². The summed E-state index contributed by atoms with van der Waals surface area (Å²) in [5.41, 5.74) is 0.370. The van der Waals surface area contributed by atoms with Crippen LogP contribution in [0.2, 0.25) is 5.02 Å². The van der Waals surface area contributed by atoms with Gasteiger partial charge in [-0.2, -0.15) is 0 Å². The number of ether oxygens (including phenoxy) is 1. The Balaban J connectivity index is 2.11. The smallest absolute Gasteiger partial charge is 0.310 e. The maximum atomic E-state index is 12.3. The lowest BCUT2D eigenvalue weighted by Gasteiger charge is -2.31. The molecule has 102 valence electrons. The zero-order valence-corrected chi connectivity index (χ0v) is 11.4. The van der Waals surface area contributed by atoms with E-state index in [1.165, 1.54) is 19.5 Å². The number of nitrogens with zero attached hydrogens (tertiary/aromatic N) is 2. The molecular formula is C13H15ClN2O3. The van der Waals surface area contributed by atoms with Gasteiger partial charge in [-0.1, -0.05) is 11.6 Å². The van der Waals surface area contributed by atoms with Crippen molar-refractivity contribution in [3.8, 4) is 0 Å². The van der Waals surface area contributed by atoms with E-state index < -0.39 is 0 Å². The number of pyridine rings is 1. The van der Waals surface area contributed by atoms with Gasteiger partial charge in [-0.3, -0.25) is 14.6 Å². The molecule has 6 heteroatoms. The average Bonchev–Trinajstić information content (AvgIpc) is 2.46. The topological polar surface area (TPSA) is 59.5 Å². The van der Waals surface area contributed by atoms with Crippen LogP contribution in [-0.2, 0) is 9.53 Å². The number of hydrogen-bond acceptors (Lipinski definition) is 4. The lowest BCUT2D eigenvalue weighted by Crippen LogP contribution is -2.42. The molecule has 1 aliphatic heterocycles. The summed E-state index contributed by atoms with van der Waals surface area (Å²) in [6, 6.07) is 1.58. The highest BCUT2D eigenvalue weighted by molar-refractivity contribution is 6.33. The normalized spacial score (nSPS) is 19.1. The van der Waals surface area contributed by atoms with Gasteiger partial charge in [0.1, 0.15) is 0 Å². The number of aromatic nitrogens is 1. The van der Waals surface area contributed by atoms with Crippen molar-refractivity contribution in [2.45, 2.75) is 12.8 Å². The zero-order valence-electron chi connectivity index (χ0n) is 10.6. The van der Waals surface area contributed by atoms with Crippen molar-refractivity contribution in [1.29, 1.82) is 0 Å². The van der Waals surface area contributed by atoms with Gasteiger partial charge < -0.3 is 9.64 Å². The van der Waals surface area contributed by atoms with Crippen LogP contribution in [0.25, 0.3) is 0 Å². The molecule has 1 aromatic rings. The van der Waals surface area contributed by atoms with E-state index in [9.17, 15) is 9.59 Å². The Bertz CT molecular complexity index is 493. The van der Waals surface area contributed by atoms with Crippen LogP contribution in [-0.4, -0.2) is 42.0 Å². The van der Waals surface area contributed by atoms with E-state index in [-0.39, 0.29) is 17.8 Å². The average molecular weight is 283 g/mol. The van der Waals surface area contributed by atoms with Crippen LogP contribution in [0, 0.1) is 5.92 Å². The quantitative estimate of drug-likeness (QED) is 0.776. The third kappa shape index (κ3) is 3.04. The Morgan fingerprint density at radius 3 is 3.00 bits per heavy atom. The van der Waals surface area contributed by atoms with Gasteiger partial charge in [-0.05, 0) is 18.9 Å². The van der Waals surface area contributed by atoms with E-state index in [4.69, 9.17) is 16.3 Å². The number of likely N-dealkylation sites (tertiary alicyclic amines) is 1. The number of amides is 1. The number of carbonyl (C=O) groups is 2. The molecule has 5 nitrogen and oxygen atoms in total. The molecule has 1 fully saturated rings. The van der Waals surface area contributed by atoms with E-state index in [0.717, 1.165) is 12.8 Å². The summed E-state index contributed by atoms with van der Waals surface area (Å²) < 4.78 is 4.73. The van der Waals surface area contributed by atoms with Crippen molar-refractivity contribution in [2.75, 3.05) is 20.2 Å². The second kappa shape index (κ2) is 6.02. The zero-order chi connectivity index (χ0) is 13.8. The van der Waals surface area contributed by atoms with Crippen LogP contribution in [0.1, 0.15) is 23.2 Å². The Morgan fingerprint density at radius 2 is 2.32 bits per heavy atom. The molecule has 0 saturated carbocycles. The number of carbonyl (C=O) groups excluding carboxylic acids is 2. The molecule has 0 radical (unpaired) electrons. The summed E-state index contributed by atoms with van der Waals surface area (Å²) in [6.45, 7) is 0.994. The standard InChI is InChI=1S/C13H15ClN2O3/c1-19-13(18)9-3-2-6-16(8-9)12(17)10-7-15-5-4-11(10)14/h4-5,7,9H,2-3,6,8H2,1H3/t9-/m0/s1. The number of esters is 1. The Kier molecular flexibility index (Phi) is 4.37. The maximum absolute atomic E-state index is 12.3. The largest absolute Gasteiger partial charge is 0.469 e. The lowest BCUT2D eigenvalue weighted by atomic mass is 9.97. The first-order valence-electron chi connectivity index (χ1n) is 6.10. The third-order valence-electron chi connectivity index (χ3n) is 3.24. The molecule has 1 saturated heterocycles. The molecule has 0 unspecified atom stereocenters. The van der Waals surface area contributed by atoms with Crippen LogP contribution >= 0.6 is 11.6 Å². The number of rotatable bonds is 2. The fourth-order valence-corrected chi connectivity index (χ4v) is 2.41. The number of hydrogen-bond donors (Lipinski definition) is 0. The first-order valence-corrected chi connectivity index (χ1v) is 6.48. The fourth-order valence-electron chi connectivity index (χ4n) is 2.23. The molecule has 0 N–H and O–H groups in total. The van der Waals surface area contributed by atoms with E-state index >= 15 is 0 Å². The Labute approximate surface area is 116 Å². The summed E-state index contributed by atoms with van der Waals surface area (Å²) in [7, 11) is 1.36. The van der Waals surface area contributed by atoms with Crippen molar-refractivity contribution in [2.24, 2.45) is 5.92 Å². The first-order chi connectivity index (χ1) is 9.13. The molecule has 2 heterocycles. The van der Waals surface area contributed by atoms with Crippen molar-refractivity contribution < 1.29 is 14.3 Å². The summed E-state index contributed by atoms with van der Waals surface area (Å²) in [6.07, 6.45) is 4.51. The molecule has 0 aromatic carbocycles. The van der Waals surface area contributed by atoms with Crippen molar-refractivity contribution >= 4 is 23.5 Å². The molecular weight excluding hydrogens is 268 g/mol. The summed E-state index contributed by atoms with van der Waals surface area (Å²) in [5, 5.41) is 0.375. The number of piperidine rings is 1. The van der Waals surface area contributed by atoms with Crippen LogP contribution in [0.3, 0.4) is 0 Å². The molecule has 1 aliphatic rings. The Hall–Kier alpha value is -1.62. The van der Waals surface area contributed by atoms with E-state index in [1.54, 1.807) is 11.0 Å². The molecule has 0 bridgehead atoms. The van der Waals surface area contributed by atoms with Crippen molar-refractivity contribution in [1.82, 2.24) is 9.88 Å². The maximum Gasteiger partial charge on any atom is 0.310 e. The second-order valence-corrected chi connectivity index (χ2v) is 4.88. The fraction of sp³-hybridized carbons (Fsp3) is 0.462. The highest BCUT2D eigenvalue weighted by Crippen LogP contribution is 2.22. The van der Waals surface area contributed by atoms with Gasteiger partial charge in [-0.25, -0.2) is 0 Å². The minimum absolute atomic E-state index is 0.188. The highest BCUT2D eigenvalue weighted by Gasteiger charge is 2.30. The molecule has 0 aliphatic carbocycles. The molecule has 0 spiro atoms. The molecule has 19 heavy (non-hydrogen) atoms. The third-order valence-corrected chi connectivity index (χ3v) is 3.57. The highest BCUT2D eigenvalue weighted by atomic mass is 35.5. The van der Waals surface area contributed by atoms with Crippen molar-refractivity contribution in [3.05, 3.63) is 29.0 Å². The minimum Gasteiger partial charge on any atom is -0.469 e. The summed E-state index contributed by atoms with van der Waals surface area (Å²) in [4.78, 5) is 29.4. The van der Waals surface area contributed by atoms with Gasteiger partial charge in [-0.15, -0.1) is 0 Å². The van der Waals surface area contributed by atoms with Gasteiger partial charge in [0.15, 0.2) is 0 Å². The summed E-state index contributed by atoms with van der Waals surface area (Å²) in [5.74, 6) is -0.709. The molecule has 2 rings (SSSR count). The second-order valence-electron chi connectivity index (χ2n) is 4.47. The van der Waals surface area contributed by atoms with E-state index in [0.29, 0.717) is 23.7 Å². The molecule has 1 amide bonds. The van der Waals surface area contributed by atoms with Crippen LogP contribution in [0.5, 0.6) is 0 Å². The number of methoxy groups -OCH3 is 1. The predicted octanol–water partition coefficient (Wildman–Crippen LogP) is 1.76. The van der Waals surface area contributed by atoms with E-state index in [1.807, 2.05) is 0 Å². The Morgan fingerprint density at radius 1 is 1.53 bits per heavy atom. The molecule has 1 aromatic heterocycles. The van der Waals surface area contributed by atoms with Crippen molar-refractivity contribution in [3.63, 3.8) is 0 Å². The van der Waals surface area contributed by atoms with Gasteiger partial charge in [0, 0.05) is 25.5 Å². The predicted molar refractivity (Wildman–Crippen MR) is 69.9 cm³/mol. The lowest BCUT2D eigenvalue weighted by molar-refractivity contribution is -0.146. The summed E-state index contributed by atoms with van der Waals surface area (Å²) >= 11 is 5.99. The monoisotopic (exact) mass is 282 g/mol. The van der Waals surface area contributed by atoms with E-state index in [2.05, 4.69) is 4.98 Å².